The molecule has 0 radical (unpaired) electrons. The average molecular weight is 373 g/mol. The fraction of sp³-hybridized carbons (Fsp3) is 0.650. The van der Waals surface area contributed by atoms with Crippen molar-refractivity contribution in [1.82, 2.24) is 14.9 Å². The summed E-state index contributed by atoms with van der Waals surface area (Å²) in [4.78, 5) is 28.5. The van der Waals surface area contributed by atoms with Crippen molar-refractivity contribution in [3.05, 3.63) is 16.8 Å². The van der Waals surface area contributed by atoms with Crippen LogP contribution in [0.5, 0.6) is 0 Å². The third-order valence-corrected chi connectivity index (χ3v) is 7.24. The van der Waals surface area contributed by atoms with Crippen LogP contribution in [0.1, 0.15) is 61.2 Å². The highest BCUT2D eigenvalue weighted by Gasteiger charge is 2.29. The number of piperidine rings is 2. The number of amides is 1. The summed E-state index contributed by atoms with van der Waals surface area (Å²) in [6.45, 7) is 9.50. The van der Waals surface area contributed by atoms with Crippen molar-refractivity contribution in [2.75, 3.05) is 24.5 Å². The molecule has 2 aliphatic rings. The van der Waals surface area contributed by atoms with Crippen LogP contribution in [0.3, 0.4) is 0 Å². The number of carbonyl (C=O) groups is 1. The molecule has 1 atom stereocenters. The van der Waals surface area contributed by atoms with Crippen molar-refractivity contribution in [3.63, 3.8) is 0 Å². The SMILES string of the molecule is Cc1c(C(=O)N2CCCCC2C)sc2ncnc(N3CCC(C)CC3)c12. The largest absolute Gasteiger partial charge is 0.356 e. The van der Waals surface area contributed by atoms with Gasteiger partial charge in [-0.15, -0.1) is 11.3 Å². The number of rotatable bonds is 2. The molecule has 4 heterocycles. The third kappa shape index (κ3) is 3.08. The number of hydrogen-bond donors (Lipinski definition) is 0. The maximum atomic E-state index is 13.2. The van der Waals surface area contributed by atoms with Gasteiger partial charge in [-0.25, -0.2) is 9.97 Å². The number of nitrogens with zero attached hydrogens (tertiary/aromatic N) is 4. The minimum atomic E-state index is 0.177. The molecular formula is C20H28N4OS. The van der Waals surface area contributed by atoms with Crippen LogP contribution >= 0.6 is 11.3 Å². The molecule has 2 aromatic heterocycles. The fourth-order valence-electron chi connectivity index (χ4n) is 4.25. The van der Waals surface area contributed by atoms with Crippen LogP contribution in [-0.4, -0.2) is 46.5 Å². The van der Waals surface area contributed by atoms with Gasteiger partial charge in [0.05, 0.1) is 10.3 Å². The summed E-state index contributed by atoms with van der Waals surface area (Å²) in [7, 11) is 0. The topological polar surface area (TPSA) is 49.3 Å². The van der Waals surface area contributed by atoms with Gasteiger partial charge >= 0.3 is 0 Å². The zero-order valence-electron chi connectivity index (χ0n) is 16.0. The van der Waals surface area contributed by atoms with Gasteiger partial charge in [0.1, 0.15) is 17.0 Å². The lowest BCUT2D eigenvalue weighted by atomic mass is 9.99. The van der Waals surface area contributed by atoms with Gasteiger partial charge in [-0.3, -0.25) is 4.79 Å². The minimum absolute atomic E-state index is 0.177. The summed E-state index contributed by atoms with van der Waals surface area (Å²) in [5, 5.41) is 1.08. The van der Waals surface area contributed by atoms with Gasteiger partial charge in [-0.1, -0.05) is 6.92 Å². The standard InChI is InChI=1S/C20H28N4OS/c1-13-7-10-23(11-8-13)18-16-15(3)17(26-19(16)22-12-21-18)20(25)24-9-5-4-6-14(24)2/h12-14H,4-11H2,1-3H3. The number of fused-ring (bicyclic) bond motifs is 1. The molecule has 5 nitrogen and oxygen atoms in total. The Kier molecular flexibility index (Phi) is 4.86. The van der Waals surface area contributed by atoms with Gasteiger partial charge in [-0.05, 0) is 57.4 Å². The highest BCUT2D eigenvalue weighted by molar-refractivity contribution is 7.20. The number of thiophene rings is 1. The lowest BCUT2D eigenvalue weighted by molar-refractivity contribution is 0.0640. The number of aromatic nitrogens is 2. The van der Waals surface area contributed by atoms with E-state index >= 15 is 0 Å². The Morgan fingerprint density at radius 2 is 1.88 bits per heavy atom. The van der Waals surface area contributed by atoms with Crippen molar-refractivity contribution in [3.8, 4) is 0 Å². The second kappa shape index (κ2) is 7.14. The van der Waals surface area contributed by atoms with Crippen molar-refractivity contribution < 1.29 is 4.79 Å². The van der Waals surface area contributed by atoms with Crippen molar-refractivity contribution >= 4 is 33.3 Å². The molecule has 26 heavy (non-hydrogen) atoms. The Morgan fingerprint density at radius 1 is 1.12 bits per heavy atom. The Labute approximate surface area is 159 Å². The predicted molar refractivity (Wildman–Crippen MR) is 107 cm³/mol. The van der Waals surface area contributed by atoms with E-state index in [1.807, 2.05) is 0 Å². The molecule has 2 aliphatic heterocycles. The highest BCUT2D eigenvalue weighted by atomic mass is 32.1. The quantitative estimate of drug-likeness (QED) is 0.791. The molecule has 0 N–H and O–H groups in total. The zero-order valence-corrected chi connectivity index (χ0v) is 16.8. The van der Waals surface area contributed by atoms with E-state index in [-0.39, 0.29) is 5.91 Å². The Balaban J connectivity index is 1.70. The maximum Gasteiger partial charge on any atom is 0.264 e. The molecule has 0 bridgehead atoms. The second-order valence-electron chi connectivity index (χ2n) is 7.95. The first-order valence-corrected chi connectivity index (χ1v) is 10.7. The molecule has 2 fully saturated rings. The Morgan fingerprint density at radius 3 is 2.62 bits per heavy atom. The van der Waals surface area contributed by atoms with Crippen LogP contribution in [0.4, 0.5) is 5.82 Å². The molecule has 6 heteroatoms. The molecule has 0 saturated carbocycles. The second-order valence-corrected chi connectivity index (χ2v) is 8.95. The monoisotopic (exact) mass is 372 g/mol. The molecular weight excluding hydrogens is 344 g/mol. The maximum absolute atomic E-state index is 13.2. The molecule has 140 valence electrons. The van der Waals surface area contributed by atoms with E-state index in [2.05, 4.69) is 40.5 Å². The summed E-state index contributed by atoms with van der Waals surface area (Å²) < 4.78 is 0. The summed E-state index contributed by atoms with van der Waals surface area (Å²) in [5.74, 6) is 1.97. The van der Waals surface area contributed by atoms with E-state index < -0.39 is 0 Å². The van der Waals surface area contributed by atoms with Crippen LogP contribution in [0.15, 0.2) is 6.33 Å². The first-order valence-electron chi connectivity index (χ1n) is 9.86. The van der Waals surface area contributed by atoms with Gasteiger partial charge in [-0.2, -0.15) is 0 Å². The van der Waals surface area contributed by atoms with Crippen LogP contribution in [-0.2, 0) is 0 Å². The molecule has 2 saturated heterocycles. The average Bonchev–Trinajstić information content (AvgIpc) is 2.99. The van der Waals surface area contributed by atoms with Crippen LogP contribution in [0.2, 0.25) is 0 Å². The van der Waals surface area contributed by atoms with Crippen LogP contribution in [0.25, 0.3) is 10.2 Å². The molecule has 0 aromatic carbocycles. The number of aryl methyl sites for hydroxylation is 1. The summed E-state index contributed by atoms with van der Waals surface area (Å²) >= 11 is 1.54. The zero-order chi connectivity index (χ0) is 18.3. The van der Waals surface area contributed by atoms with Crippen molar-refractivity contribution in [2.24, 2.45) is 5.92 Å². The van der Waals surface area contributed by atoms with E-state index in [4.69, 9.17) is 0 Å². The van der Waals surface area contributed by atoms with Gasteiger partial charge < -0.3 is 9.80 Å². The first-order chi connectivity index (χ1) is 12.6. The lowest BCUT2D eigenvalue weighted by Crippen LogP contribution is -2.41. The van der Waals surface area contributed by atoms with E-state index in [9.17, 15) is 4.79 Å². The number of carbonyl (C=O) groups excluding carboxylic acids is 1. The molecule has 2 aromatic rings. The third-order valence-electron chi connectivity index (χ3n) is 6.05. The van der Waals surface area contributed by atoms with Gasteiger partial charge in [0, 0.05) is 25.7 Å². The molecule has 1 unspecified atom stereocenters. The molecule has 0 aliphatic carbocycles. The number of hydrogen-bond acceptors (Lipinski definition) is 5. The van der Waals surface area contributed by atoms with E-state index in [0.29, 0.717) is 6.04 Å². The van der Waals surface area contributed by atoms with Crippen LogP contribution < -0.4 is 4.90 Å². The summed E-state index contributed by atoms with van der Waals surface area (Å²) in [6.07, 6.45) is 7.49. The predicted octanol–water partition coefficient (Wildman–Crippen LogP) is 4.25. The van der Waals surface area contributed by atoms with Gasteiger partial charge in [0.2, 0.25) is 0 Å². The summed E-state index contributed by atoms with van der Waals surface area (Å²) in [6, 6.07) is 0.329. The first kappa shape index (κ1) is 17.7. The highest BCUT2D eigenvalue weighted by Crippen LogP contribution is 2.37. The molecule has 4 rings (SSSR count). The van der Waals surface area contributed by atoms with E-state index in [1.165, 1.54) is 30.6 Å². The normalized spacial score (nSPS) is 22.2. The smallest absolute Gasteiger partial charge is 0.264 e. The van der Waals surface area contributed by atoms with Gasteiger partial charge in [0.25, 0.3) is 5.91 Å². The molecule has 0 spiro atoms. The number of anilines is 1. The van der Waals surface area contributed by atoms with Crippen LogP contribution in [0, 0.1) is 12.8 Å². The van der Waals surface area contributed by atoms with E-state index in [0.717, 1.165) is 64.9 Å². The summed E-state index contributed by atoms with van der Waals surface area (Å²) in [5.41, 5.74) is 1.06. The van der Waals surface area contributed by atoms with Crippen molar-refractivity contribution in [1.29, 1.82) is 0 Å². The lowest BCUT2D eigenvalue weighted by Gasteiger charge is -2.33. The Hall–Kier alpha value is -1.69. The van der Waals surface area contributed by atoms with Gasteiger partial charge in [0.15, 0.2) is 0 Å². The number of likely N-dealkylation sites (tertiary alicyclic amines) is 1. The Bertz CT molecular complexity index is 809. The van der Waals surface area contributed by atoms with E-state index in [1.54, 1.807) is 6.33 Å². The minimum Gasteiger partial charge on any atom is -0.356 e. The van der Waals surface area contributed by atoms with Crippen molar-refractivity contribution in [2.45, 2.75) is 58.9 Å². The fourth-order valence-corrected chi connectivity index (χ4v) is 5.35. The molecule has 1 amide bonds.